The van der Waals surface area contributed by atoms with E-state index in [9.17, 15) is 4.39 Å². The smallest absolute Gasteiger partial charge is 0.124 e. The summed E-state index contributed by atoms with van der Waals surface area (Å²) in [6.45, 7) is 0.915. The second-order valence-electron chi connectivity index (χ2n) is 5.65. The van der Waals surface area contributed by atoms with Crippen LogP contribution in [0.4, 0.5) is 10.1 Å². The number of hydrogen-bond acceptors (Lipinski definition) is 2. The predicted octanol–water partition coefficient (Wildman–Crippen LogP) is 7.09. The molecule has 0 bridgehead atoms. The van der Waals surface area contributed by atoms with Crippen molar-refractivity contribution >= 4 is 44.8 Å². The van der Waals surface area contributed by atoms with Gasteiger partial charge in [-0.2, -0.15) is 0 Å². The maximum atomic E-state index is 13.0. The van der Waals surface area contributed by atoms with Crippen molar-refractivity contribution in [2.45, 2.75) is 13.2 Å². The second kappa shape index (κ2) is 8.76. The molecule has 0 aliphatic heterocycles. The number of ether oxygens (including phenoxy) is 1. The van der Waals surface area contributed by atoms with E-state index in [1.807, 2.05) is 24.3 Å². The van der Waals surface area contributed by atoms with Crippen LogP contribution < -0.4 is 10.1 Å². The van der Waals surface area contributed by atoms with Crippen LogP contribution in [-0.2, 0) is 13.2 Å². The molecule has 3 aromatic carbocycles. The molecule has 0 fully saturated rings. The molecule has 0 aliphatic carbocycles. The first kappa shape index (κ1) is 19.0. The van der Waals surface area contributed by atoms with Crippen molar-refractivity contribution in [3.63, 3.8) is 0 Å². The molecule has 0 aromatic heterocycles. The SMILES string of the molecule is Fc1ccc(COc2ccc(Br)cc2CNc2ccc(Cl)c(Cl)c2)cc1. The zero-order valence-corrected chi connectivity index (χ0v) is 16.7. The van der Waals surface area contributed by atoms with Crippen LogP contribution in [-0.4, -0.2) is 0 Å². The predicted molar refractivity (Wildman–Crippen MR) is 109 cm³/mol. The van der Waals surface area contributed by atoms with Crippen LogP contribution in [0.15, 0.2) is 65.1 Å². The second-order valence-corrected chi connectivity index (χ2v) is 7.38. The molecule has 3 aromatic rings. The summed E-state index contributed by atoms with van der Waals surface area (Å²) in [5.41, 5.74) is 2.74. The zero-order valence-electron chi connectivity index (χ0n) is 13.6. The van der Waals surface area contributed by atoms with Crippen LogP contribution in [0.5, 0.6) is 5.75 Å². The van der Waals surface area contributed by atoms with Crippen LogP contribution in [0.1, 0.15) is 11.1 Å². The molecule has 0 radical (unpaired) electrons. The topological polar surface area (TPSA) is 21.3 Å². The van der Waals surface area contributed by atoms with E-state index in [1.165, 1.54) is 12.1 Å². The molecule has 0 saturated carbocycles. The van der Waals surface area contributed by atoms with Crippen molar-refractivity contribution in [1.82, 2.24) is 0 Å². The Hall–Kier alpha value is -1.75. The quantitative estimate of drug-likeness (QED) is 0.429. The van der Waals surface area contributed by atoms with Crippen molar-refractivity contribution in [2.75, 3.05) is 5.32 Å². The van der Waals surface area contributed by atoms with Gasteiger partial charge in [-0.25, -0.2) is 4.39 Å². The fourth-order valence-electron chi connectivity index (χ4n) is 2.37. The summed E-state index contributed by atoms with van der Waals surface area (Å²) in [5, 5.41) is 4.32. The zero-order chi connectivity index (χ0) is 18.5. The van der Waals surface area contributed by atoms with Gasteiger partial charge in [0.1, 0.15) is 18.2 Å². The molecule has 134 valence electrons. The van der Waals surface area contributed by atoms with Gasteiger partial charge < -0.3 is 10.1 Å². The van der Waals surface area contributed by atoms with Crippen LogP contribution in [0.25, 0.3) is 0 Å². The van der Waals surface area contributed by atoms with Crippen molar-refractivity contribution in [3.8, 4) is 5.75 Å². The molecular weight excluding hydrogens is 440 g/mol. The monoisotopic (exact) mass is 453 g/mol. The molecule has 0 aliphatic rings. The summed E-state index contributed by atoms with van der Waals surface area (Å²) in [4.78, 5) is 0. The Morgan fingerprint density at radius 1 is 0.923 bits per heavy atom. The number of rotatable bonds is 6. The Morgan fingerprint density at radius 2 is 1.69 bits per heavy atom. The Labute approximate surface area is 170 Å². The highest BCUT2D eigenvalue weighted by molar-refractivity contribution is 9.10. The van der Waals surface area contributed by atoms with E-state index in [4.69, 9.17) is 27.9 Å². The Balaban J connectivity index is 1.70. The molecule has 2 nitrogen and oxygen atoms in total. The van der Waals surface area contributed by atoms with Gasteiger partial charge in [0.05, 0.1) is 10.0 Å². The van der Waals surface area contributed by atoms with Crippen molar-refractivity contribution < 1.29 is 9.13 Å². The summed E-state index contributed by atoms with van der Waals surface area (Å²) in [7, 11) is 0. The number of benzene rings is 3. The minimum atomic E-state index is -0.260. The van der Waals surface area contributed by atoms with Gasteiger partial charge in [-0.05, 0) is 54.1 Å². The van der Waals surface area contributed by atoms with Gasteiger partial charge in [0, 0.05) is 22.3 Å². The minimum absolute atomic E-state index is 0.260. The van der Waals surface area contributed by atoms with Gasteiger partial charge in [0.2, 0.25) is 0 Å². The van der Waals surface area contributed by atoms with E-state index in [1.54, 1.807) is 24.3 Å². The molecule has 26 heavy (non-hydrogen) atoms. The lowest BCUT2D eigenvalue weighted by atomic mass is 10.2. The lowest BCUT2D eigenvalue weighted by molar-refractivity contribution is 0.303. The molecule has 0 saturated heterocycles. The van der Waals surface area contributed by atoms with Gasteiger partial charge in [0.15, 0.2) is 0 Å². The van der Waals surface area contributed by atoms with E-state index >= 15 is 0 Å². The van der Waals surface area contributed by atoms with Gasteiger partial charge in [-0.3, -0.25) is 0 Å². The largest absolute Gasteiger partial charge is 0.489 e. The molecule has 0 spiro atoms. The lowest BCUT2D eigenvalue weighted by Crippen LogP contribution is -2.04. The molecule has 1 N–H and O–H groups in total. The first-order valence-electron chi connectivity index (χ1n) is 7.86. The number of hydrogen-bond donors (Lipinski definition) is 1. The molecule has 0 amide bonds. The summed E-state index contributed by atoms with van der Waals surface area (Å²) >= 11 is 15.5. The average Bonchev–Trinajstić information content (AvgIpc) is 2.63. The molecule has 0 unspecified atom stereocenters. The normalized spacial score (nSPS) is 10.6. The first-order valence-corrected chi connectivity index (χ1v) is 9.41. The van der Waals surface area contributed by atoms with E-state index in [0.29, 0.717) is 23.2 Å². The van der Waals surface area contributed by atoms with Gasteiger partial charge >= 0.3 is 0 Å². The standard InChI is InChI=1S/C20H15BrCl2FNO/c21-15-3-8-20(26-12-13-1-4-16(24)5-2-13)14(9-15)11-25-17-6-7-18(22)19(23)10-17/h1-10,25H,11-12H2. The minimum Gasteiger partial charge on any atom is -0.489 e. The third kappa shape index (κ3) is 5.13. The maximum Gasteiger partial charge on any atom is 0.124 e. The summed E-state index contributed by atoms with van der Waals surface area (Å²) < 4.78 is 19.9. The van der Waals surface area contributed by atoms with Gasteiger partial charge in [-0.1, -0.05) is 51.3 Å². The van der Waals surface area contributed by atoms with Crippen LogP contribution in [0.3, 0.4) is 0 Å². The van der Waals surface area contributed by atoms with Crippen LogP contribution in [0.2, 0.25) is 10.0 Å². The Kier molecular flexibility index (Phi) is 6.41. The Morgan fingerprint density at radius 3 is 2.42 bits per heavy atom. The number of nitrogens with one attached hydrogen (secondary N) is 1. The van der Waals surface area contributed by atoms with Crippen LogP contribution in [0, 0.1) is 5.82 Å². The van der Waals surface area contributed by atoms with E-state index < -0.39 is 0 Å². The average molecular weight is 455 g/mol. The summed E-state index contributed by atoms with van der Waals surface area (Å²) in [6, 6.07) is 17.5. The molecule has 0 heterocycles. The number of halogens is 4. The summed E-state index contributed by atoms with van der Waals surface area (Å²) in [6.07, 6.45) is 0. The van der Waals surface area contributed by atoms with Crippen molar-refractivity contribution in [3.05, 3.63) is 92.1 Å². The Bertz CT molecular complexity index is 903. The van der Waals surface area contributed by atoms with Gasteiger partial charge in [-0.15, -0.1) is 0 Å². The van der Waals surface area contributed by atoms with E-state index in [2.05, 4.69) is 21.2 Å². The highest BCUT2D eigenvalue weighted by Gasteiger charge is 2.07. The van der Waals surface area contributed by atoms with Crippen LogP contribution >= 0.6 is 39.1 Å². The highest BCUT2D eigenvalue weighted by Crippen LogP contribution is 2.28. The lowest BCUT2D eigenvalue weighted by Gasteiger charge is -2.14. The third-order valence-electron chi connectivity index (χ3n) is 3.73. The van der Waals surface area contributed by atoms with E-state index in [0.717, 1.165) is 27.0 Å². The fourth-order valence-corrected chi connectivity index (χ4v) is 3.08. The molecule has 6 heteroatoms. The first-order chi connectivity index (χ1) is 12.5. The number of anilines is 1. The van der Waals surface area contributed by atoms with Gasteiger partial charge in [0.25, 0.3) is 0 Å². The fraction of sp³-hybridized carbons (Fsp3) is 0.100. The molecular formula is C20H15BrCl2FNO. The van der Waals surface area contributed by atoms with E-state index in [-0.39, 0.29) is 5.82 Å². The summed E-state index contributed by atoms with van der Waals surface area (Å²) in [5.74, 6) is 0.494. The third-order valence-corrected chi connectivity index (χ3v) is 4.96. The van der Waals surface area contributed by atoms with Crippen molar-refractivity contribution in [2.24, 2.45) is 0 Å². The highest BCUT2D eigenvalue weighted by atomic mass is 79.9. The molecule has 3 rings (SSSR count). The molecule has 0 atom stereocenters. The maximum absolute atomic E-state index is 13.0. The van der Waals surface area contributed by atoms with Crippen molar-refractivity contribution in [1.29, 1.82) is 0 Å².